The van der Waals surface area contributed by atoms with Crippen molar-refractivity contribution < 1.29 is 4.52 Å². The largest absolute Gasteiger partial charge is 0.338 e. The fourth-order valence-electron chi connectivity index (χ4n) is 3.53. The first kappa shape index (κ1) is 17.3. The smallest absolute Gasteiger partial charge is 0.237 e. The Morgan fingerprint density at radius 2 is 1.92 bits per heavy atom. The Morgan fingerprint density at radius 1 is 1.12 bits per heavy atom. The van der Waals surface area contributed by atoms with E-state index < -0.39 is 0 Å². The van der Waals surface area contributed by atoms with E-state index in [4.69, 9.17) is 4.52 Å². The fraction of sp³-hybridized carbons (Fsp3) is 0.474. The van der Waals surface area contributed by atoms with Gasteiger partial charge in [-0.1, -0.05) is 66.5 Å². The molecule has 0 N–H and O–H groups in total. The van der Waals surface area contributed by atoms with Crippen LogP contribution in [-0.4, -0.2) is 24.9 Å². The quantitative estimate of drug-likeness (QED) is 0.601. The van der Waals surface area contributed by atoms with Crippen LogP contribution in [0.15, 0.2) is 40.0 Å². The third-order valence-corrected chi connectivity index (χ3v) is 5.74. The van der Waals surface area contributed by atoms with Crippen molar-refractivity contribution in [2.45, 2.75) is 62.4 Å². The lowest BCUT2D eigenvalue weighted by atomic mass is 9.95. The van der Waals surface area contributed by atoms with Crippen molar-refractivity contribution in [1.29, 1.82) is 0 Å². The minimum atomic E-state index is 0.526. The van der Waals surface area contributed by atoms with Crippen LogP contribution in [0.25, 0.3) is 0 Å². The zero-order valence-electron chi connectivity index (χ0n) is 15.0. The van der Waals surface area contributed by atoms with Gasteiger partial charge in [0, 0.05) is 12.5 Å². The van der Waals surface area contributed by atoms with Gasteiger partial charge in [-0.3, -0.25) is 0 Å². The summed E-state index contributed by atoms with van der Waals surface area (Å²) in [6.45, 7) is 2.04. The average molecular weight is 369 g/mol. The van der Waals surface area contributed by atoms with Gasteiger partial charge in [0.05, 0.1) is 5.75 Å². The lowest BCUT2D eigenvalue weighted by Crippen LogP contribution is -2.15. The molecule has 0 spiro atoms. The van der Waals surface area contributed by atoms with Crippen molar-refractivity contribution in [2.75, 3.05) is 0 Å². The molecule has 1 aromatic carbocycles. The van der Waals surface area contributed by atoms with Gasteiger partial charge in [-0.2, -0.15) is 4.98 Å². The van der Waals surface area contributed by atoms with Gasteiger partial charge in [-0.25, -0.2) is 0 Å². The van der Waals surface area contributed by atoms with E-state index in [0.29, 0.717) is 24.1 Å². The van der Waals surface area contributed by atoms with Crippen LogP contribution < -0.4 is 0 Å². The molecule has 2 heterocycles. The first-order valence-electron chi connectivity index (χ1n) is 9.19. The van der Waals surface area contributed by atoms with E-state index in [0.717, 1.165) is 16.8 Å². The Hall–Kier alpha value is -2.15. The highest BCUT2D eigenvalue weighted by atomic mass is 32.2. The molecule has 4 rings (SSSR count). The zero-order chi connectivity index (χ0) is 17.8. The van der Waals surface area contributed by atoms with Crippen LogP contribution in [0.5, 0.6) is 0 Å². The predicted octanol–water partition coefficient (Wildman–Crippen LogP) is 4.36. The molecule has 136 valence electrons. The van der Waals surface area contributed by atoms with Crippen molar-refractivity contribution >= 4 is 11.8 Å². The number of aromatic nitrogens is 5. The molecule has 0 unspecified atom stereocenters. The van der Waals surface area contributed by atoms with Crippen molar-refractivity contribution in [3.63, 3.8) is 0 Å². The normalized spacial score (nSPS) is 15.4. The second-order valence-electron chi connectivity index (χ2n) is 6.75. The summed E-state index contributed by atoms with van der Waals surface area (Å²) in [6, 6.07) is 10.7. The molecule has 6 nitrogen and oxygen atoms in total. The monoisotopic (exact) mass is 369 g/mol. The van der Waals surface area contributed by atoms with Crippen LogP contribution in [0.4, 0.5) is 0 Å². The number of hydrogen-bond donors (Lipinski definition) is 0. The maximum atomic E-state index is 5.41. The van der Waals surface area contributed by atoms with Crippen LogP contribution in [0, 0.1) is 6.92 Å². The second-order valence-corrected chi connectivity index (χ2v) is 7.69. The number of hydrogen-bond acceptors (Lipinski definition) is 6. The molecule has 0 saturated heterocycles. The maximum Gasteiger partial charge on any atom is 0.237 e. The summed E-state index contributed by atoms with van der Waals surface area (Å²) in [4.78, 5) is 4.51. The molecule has 3 aromatic rings. The van der Waals surface area contributed by atoms with Gasteiger partial charge in [-0.05, 0) is 25.3 Å². The van der Waals surface area contributed by atoms with E-state index in [1.54, 1.807) is 11.8 Å². The van der Waals surface area contributed by atoms with Crippen LogP contribution in [0.3, 0.4) is 0 Å². The molecule has 0 bridgehead atoms. The number of thioether (sulfide) groups is 1. The molecular formula is C19H23N5OS. The van der Waals surface area contributed by atoms with Gasteiger partial charge in [0.1, 0.15) is 5.82 Å². The zero-order valence-corrected chi connectivity index (χ0v) is 15.8. The standard InChI is InChI=1S/C19H23N5OS/c1-14-21-22-19(24(14)16-10-6-3-7-11-16)26-13-18-20-17(23-25-18)12-15-8-4-2-5-9-15/h2,4-5,8-9,16H,3,6-7,10-13H2,1H3. The molecule has 1 aliphatic rings. The molecular weight excluding hydrogens is 346 g/mol. The average Bonchev–Trinajstić information content (AvgIpc) is 3.28. The van der Waals surface area contributed by atoms with Crippen LogP contribution >= 0.6 is 11.8 Å². The Balaban J connectivity index is 1.40. The van der Waals surface area contributed by atoms with Crippen molar-refractivity contribution in [3.05, 3.63) is 53.4 Å². The van der Waals surface area contributed by atoms with E-state index in [-0.39, 0.29) is 0 Å². The molecule has 7 heteroatoms. The summed E-state index contributed by atoms with van der Waals surface area (Å²) in [5, 5.41) is 13.7. The van der Waals surface area contributed by atoms with Crippen LogP contribution in [0.2, 0.25) is 0 Å². The summed E-state index contributed by atoms with van der Waals surface area (Å²) < 4.78 is 7.71. The van der Waals surface area contributed by atoms with Gasteiger partial charge in [-0.15, -0.1) is 10.2 Å². The molecule has 2 aromatic heterocycles. The van der Waals surface area contributed by atoms with Crippen molar-refractivity contribution in [1.82, 2.24) is 24.9 Å². The topological polar surface area (TPSA) is 69.6 Å². The van der Waals surface area contributed by atoms with E-state index in [1.165, 1.54) is 37.7 Å². The molecule has 0 atom stereocenters. The summed E-state index contributed by atoms with van der Waals surface area (Å²) >= 11 is 1.63. The van der Waals surface area contributed by atoms with E-state index in [1.807, 2.05) is 25.1 Å². The highest BCUT2D eigenvalue weighted by molar-refractivity contribution is 7.98. The number of benzene rings is 1. The highest BCUT2D eigenvalue weighted by Gasteiger charge is 2.21. The fourth-order valence-corrected chi connectivity index (χ4v) is 4.42. The van der Waals surface area contributed by atoms with Crippen molar-refractivity contribution in [3.8, 4) is 0 Å². The van der Waals surface area contributed by atoms with Gasteiger partial charge < -0.3 is 9.09 Å². The maximum absolute atomic E-state index is 5.41. The SMILES string of the molecule is Cc1nnc(SCc2nc(Cc3ccccc3)no2)n1C1CCCCC1. The number of aryl methyl sites for hydroxylation is 1. The van der Waals surface area contributed by atoms with E-state index >= 15 is 0 Å². The summed E-state index contributed by atoms with van der Waals surface area (Å²) in [7, 11) is 0. The minimum absolute atomic E-state index is 0.526. The predicted molar refractivity (Wildman–Crippen MR) is 100.0 cm³/mol. The molecule has 0 radical (unpaired) electrons. The first-order valence-corrected chi connectivity index (χ1v) is 10.2. The molecule has 1 aliphatic carbocycles. The van der Waals surface area contributed by atoms with Gasteiger partial charge in [0.2, 0.25) is 5.89 Å². The van der Waals surface area contributed by atoms with Crippen LogP contribution in [0.1, 0.15) is 61.2 Å². The van der Waals surface area contributed by atoms with Crippen molar-refractivity contribution in [2.24, 2.45) is 0 Å². The Labute approximate surface area is 157 Å². The molecule has 1 fully saturated rings. The van der Waals surface area contributed by atoms with E-state index in [2.05, 4.69) is 37.0 Å². The summed E-state index contributed by atoms with van der Waals surface area (Å²) in [5.41, 5.74) is 1.18. The first-order chi connectivity index (χ1) is 12.8. The van der Waals surface area contributed by atoms with Gasteiger partial charge >= 0.3 is 0 Å². The second kappa shape index (κ2) is 8.03. The summed E-state index contributed by atoms with van der Waals surface area (Å²) in [6.07, 6.45) is 7.04. The van der Waals surface area contributed by atoms with E-state index in [9.17, 15) is 0 Å². The lowest BCUT2D eigenvalue weighted by Gasteiger charge is -2.24. The Bertz CT molecular complexity index is 839. The molecule has 26 heavy (non-hydrogen) atoms. The third-order valence-electron chi connectivity index (χ3n) is 4.81. The van der Waals surface area contributed by atoms with Gasteiger partial charge in [0.25, 0.3) is 0 Å². The molecule has 1 saturated carbocycles. The summed E-state index contributed by atoms with van der Waals surface area (Å²) in [5.74, 6) is 2.97. The van der Waals surface area contributed by atoms with Crippen LogP contribution in [-0.2, 0) is 12.2 Å². The Morgan fingerprint density at radius 3 is 2.73 bits per heavy atom. The highest BCUT2D eigenvalue weighted by Crippen LogP contribution is 2.33. The number of rotatable bonds is 6. The lowest BCUT2D eigenvalue weighted by molar-refractivity contribution is 0.331. The molecule has 0 aliphatic heterocycles. The Kier molecular flexibility index (Phi) is 5.34. The number of nitrogens with zero attached hydrogens (tertiary/aromatic N) is 5. The third kappa shape index (κ3) is 3.98. The minimum Gasteiger partial charge on any atom is -0.338 e. The van der Waals surface area contributed by atoms with Gasteiger partial charge in [0.15, 0.2) is 11.0 Å². The molecule has 0 amide bonds.